The van der Waals surface area contributed by atoms with Crippen molar-refractivity contribution in [3.05, 3.63) is 204 Å². The minimum Gasteiger partial charge on any atom is -0.507 e. The van der Waals surface area contributed by atoms with Crippen molar-refractivity contribution in [2.75, 3.05) is 4.90 Å². The van der Waals surface area contributed by atoms with E-state index in [2.05, 4.69) is 169 Å². The van der Waals surface area contributed by atoms with Crippen molar-refractivity contribution in [3.63, 3.8) is 0 Å². The van der Waals surface area contributed by atoms with Gasteiger partial charge in [-0.25, -0.2) is 14.4 Å². The Morgan fingerprint density at radius 2 is 1.03 bits per heavy atom. The molecule has 5 heteroatoms. The van der Waals surface area contributed by atoms with Gasteiger partial charge in [-0.1, -0.05) is 152 Å². The van der Waals surface area contributed by atoms with Crippen LogP contribution in [0.3, 0.4) is 0 Å². The summed E-state index contributed by atoms with van der Waals surface area (Å²) in [6.45, 7) is 17.4. The Morgan fingerprint density at radius 1 is 0.468 bits per heavy atom. The van der Waals surface area contributed by atoms with Gasteiger partial charge in [0.1, 0.15) is 17.4 Å². The Hall–Kier alpha value is -6.85. The number of pyridine rings is 2. The molecule has 4 nitrogen and oxygen atoms in total. The first-order chi connectivity index (χ1) is 29.6. The molecule has 0 fully saturated rings. The van der Waals surface area contributed by atoms with Crippen LogP contribution in [0.25, 0.3) is 44.8 Å². The molecule has 0 atom stereocenters. The van der Waals surface area contributed by atoms with Crippen LogP contribution in [0.15, 0.2) is 176 Å². The summed E-state index contributed by atoms with van der Waals surface area (Å²) in [4.78, 5) is 12.7. The molecule has 0 aliphatic heterocycles. The minimum absolute atomic E-state index is 0.165. The van der Waals surface area contributed by atoms with Gasteiger partial charge in [0.25, 0.3) is 0 Å². The van der Waals surface area contributed by atoms with Gasteiger partial charge < -0.3 is 5.11 Å². The number of benzene rings is 6. The Labute approximate surface area is 366 Å². The zero-order valence-electron chi connectivity index (χ0n) is 36.9. The van der Waals surface area contributed by atoms with Crippen LogP contribution in [0.2, 0.25) is 0 Å². The highest BCUT2D eigenvalue weighted by Crippen LogP contribution is 2.45. The first-order valence-electron chi connectivity index (χ1n) is 21.3. The van der Waals surface area contributed by atoms with Crippen molar-refractivity contribution >= 4 is 17.2 Å². The molecular formula is C57H54FN3O. The fourth-order valence-electron chi connectivity index (χ4n) is 8.09. The molecule has 0 unspecified atom stereocenters. The lowest BCUT2D eigenvalue weighted by Crippen LogP contribution is -2.20. The van der Waals surface area contributed by atoms with E-state index in [0.29, 0.717) is 11.3 Å². The van der Waals surface area contributed by atoms with Crippen molar-refractivity contribution in [1.82, 2.24) is 9.97 Å². The molecule has 0 bridgehead atoms. The summed E-state index contributed by atoms with van der Waals surface area (Å²) in [6.07, 6.45) is 1.86. The van der Waals surface area contributed by atoms with Crippen molar-refractivity contribution in [1.29, 1.82) is 0 Å². The van der Waals surface area contributed by atoms with E-state index in [0.717, 1.165) is 73.0 Å². The lowest BCUT2D eigenvalue weighted by Gasteiger charge is -2.30. The number of phenolic OH excluding ortho intramolecular Hbond substituents is 1. The van der Waals surface area contributed by atoms with Crippen LogP contribution in [0.5, 0.6) is 5.75 Å². The second-order valence-electron chi connectivity index (χ2n) is 18.8. The zero-order valence-corrected chi connectivity index (χ0v) is 36.9. The number of rotatable bonds is 9. The highest BCUT2D eigenvalue weighted by atomic mass is 19.1. The van der Waals surface area contributed by atoms with Gasteiger partial charge in [0.15, 0.2) is 0 Å². The molecule has 6 aromatic carbocycles. The summed E-state index contributed by atoms with van der Waals surface area (Å²) >= 11 is 0. The number of hydrogen-bond acceptors (Lipinski definition) is 4. The Kier molecular flexibility index (Phi) is 11.2. The zero-order chi connectivity index (χ0) is 43.8. The van der Waals surface area contributed by atoms with Gasteiger partial charge in [-0.2, -0.15) is 0 Å². The average Bonchev–Trinajstić information content (AvgIpc) is 3.27. The SMILES string of the molecule is CC(C)(C)c1cc(-c2cc(-c3ccccc3)cc(-c3cc(-c4ccccc4)cc(N(c4ccccc4)c4cc(C(C)(C)c5ccc(F)cc5)ccn4)c3)n2)c(O)c(C(C)(C)C)c1. The van der Waals surface area contributed by atoms with E-state index >= 15 is 0 Å². The summed E-state index contributed by atoms with van der Waals surface area (Å²) in [6, 6.07) is 57.1. The molecule has 8 rings (SSSR count). The predicted molar refractivity (Wildman–Crippen MR) is 256 cm³/mol. The van der Waals surface area contributed by atoms with Gasteiger partial charge in [-0.3, -0.25) is 4.90 Å². The number of para-hydroxylation sites is 1. The number of nitrogens with zero attached hydrogens (tertiary/aromatic N) is 3. The number of phenols is 1. The summed E-state index contributed by atoms with van der Waals surface area (Å²) in [7, 11) is 0. The first-order valence-corrected chi connectivity index (χ1v) is 21.3. The van der Waals surface area contributed by atoms with Crippen molar-refractivity contribution in [2.24, 2.45) is 0 Å². The largest absolute Gasteiger partial charge is 0.507 e. The third-order valence-electron chi connectivity index (χ3n) is 11.8. The summed E-state index contributed by atoms with van der Waals surface area (Å²) in [5.74, 6) is 0.730. The fourth-order valence-corrected chi connectivity index (χ4v) is 8.09. The smallest absolute Gasteiger partial charge is 0.137 e. The van der Waals surface area contributed by atoms with Gasteiger partial charge in [0.05, 0.1) is 11.4 Å². The molecule has 310 valence electrons. The second kappa shape index (κ2) is 16.5. The van der Waals surface area contributed by atoms with E-state index in [9.17, 15) is 9.50 Å². The molecule has 8 aromatic rings. The lowest BCUT2D eigenvalue weighted by molar-refractivity contribution is 0.446. The van der Waals surface area contributed by atoms with Crippen LogP contribution < -0.4 is 4.90 Å². The lowest BCUT2D eigenvalue weighted by atomic mass is 9.78. The second-order valence-corrected chi connectivity index (χ2v) is 18.8. The molecule has 1 N–H and O–H groups in total. The maximum absolute atomic E-state index is 14.1. The van der Waals surface area contributed by atoms with Gasteiger partial charge >= 0.3 is 0 Å². The first kappa shape index (κ1) is 41.9. The van der Waals surface area contributed by atoms with E-state index in [1.54, 1.807) is 0 Å². The summed E-state index contributed by atoms with van der Waals surface area (Å²) in [5.41, 5.74) is 12.2. The number of aromatic nitrogens is 2. The fraction of sp³-hybridized carbons (Fsp3) is 0.193. The molecule has 0 spiro atoms. The van der Waals surface area contributed by atoms with Crippen molar-refractivity contribution in [2.45, 2.75) is 71.6 Å². The molecule has 2 heterocycles. The predicted octanol–water partition coefficient (Wildman–Crippen LogP) is 15.4. The molecule has 0 amide bonds. The topological polar surface area (TPSA) is 49.2 Å². The standard InChI is InChI=1S/C57H54FN3O/c1-55(2,3)45-35-49(54(62)50(36-45)56(4,5)6)52-34-41(39-20-14-10-15-21-39)33-51(60-52)42-30-40(38-18-12-9-13-19-38)31-48(32-42)61(47-22-16-11-17-23-47)53-37-44(28-29-59-53)57(7,8)43-24-26-46(58)27-25-43/h9-37,62H,1-8H3. The van der Waals surface area contributed by atoms with Crippen molar-refractivity contribution < 1.29 is 9.50 Å². The van der Waals surface area contributed by atoms with Gasteiger partial charge in [-0.15, -0.1) is 0 Å². The van der Waals surface area contributed by atoms with Crippen LogP contribution in [-0.4, -0.2) is 15.1 Å². The molecule has 0 radical (unpaired) electrons. The van der Waals surface area contributed by atoms with Crippen LogP contribution >= 0.6 is 0 Å². The number of aromatic hydroxyl groups is 1. The van der Waals surface area contributed by atoms with Crippen LogP contribution in [-0.2, 0) is 16.2 Å². The Balaban J connectivity index is 1.38. The van der Waals surface area contributed by atoms with Gasteiger partial charge in [0, 0.05) is 39.7 Å². The third kappa shape index (κ3) is 8.67. The molecule has 0 aliphatic rings. The van der Waals surface area contributed by atoms with E-state index in [-0.39, 0.29) is 22.4 Å². The molecular weight excluding hydrogens is 762 g/mol. The molecule has 0 saturated heterocycles. The minimum atomic E-state index is -0.439. The van der Waals surface area contributed by atoms with E-state index in [1.165, 1.54) is 12.1 Å². The Morgan fingerprint density at radius 3 is 1.63 bits per heavy atom. The molecule has 0 aliphatic carbocycles. The van der Waals surface area contributed by atoms with Gasteiger partial charge in [-0.05, 0) is 123 Å². The third-order valence-corrected chi connectivity index (χ3v) is 11.8. The summed E-state index contributed by atoms with van der Waals surface area (Å²) < 4.78 is 14.1. The maximum Gasteiger partial charge on any atom is 0.137 e. The molecule has 2 aromatic heterocycles. The van der Waals surface area contributed by atoms with Crippen molar-refractivity contribution in [3.8, 4) is 50.5 Å². The number of anilines is 3. The van der Waals surface area contributed by atoms with E-state index in [4.69, 9.17) is 9.97 Å². The van der Waals surface area contributed by atoms with Crippen LogP contribution in [0.4, 0.5) is 21.6 Å². The quantitative estimate of drug-likeness (QED) is 0.158. The van der Waals surface area contributed by atoms with Crippen LogP contribution in [0, 0.1) is 5.82 Å². The molecule has 0 saturated carbocycles. The highest BCUT2D eigenvalue weighted by molar-refractivity contribution is 5.86. The van der Waals surface area contributed by atoms with Crippen LogP contribution in [0.1, 0.15) is 77.6 Å². The maximum atomic E-state index is 14.1. The van der Waals surface area contributed by atoms with Gasteiger partial charge in [0.2, 0.25) is 0 Å². The number of hydrogen-bond donors (Lipinski definition) is 1. The van der Waals surface area contributed by atoms with E-state index < -0.39 is 5.41 Å². The average molecular weight is 816 g/mol. The highest BCUT2D eigenvalue weighted by Gasteiger charge is 2.28. The Bertz CT molecular complexity index is 2840. The summed E-state index contributed by atoms with van der Waals surface area (Å²) in [5, 5.41) is 12.1. The molecule has 62 heavy (non-hydrogen) atoms. The number of halogens is 1. The van der Waals surface area contributed by atoms with E-state index in [1.807, 2.05) is 54.7 Å². The normalized spacial score (nSPS) is 12.0. The monoisotopic (exact) mass is 815 g/mol.